The highest BCUT2D eigenvalue weighted by molar-refractivity contribution is 4.91. The molecular formula is C11H19N3O. The van der Waals surface area contributed by atoms with Crippen LogP contribution >= 0.6 is 0 Å². The molecule has 4 heteroatoms. The van der Waals surface area contributed by atoms with Gasteiger partial charge in [-0.25, -0.2) is 4.98 Å². The van der Waals surface area contributed by atoms with E-state index in [1.807, 2.05) is 14.0 Å². The van der Waals surface area contributed by atoms with Crippen LogP contribution in [0.1, 0.15) is 24.5 Å². The number of piperidine rings is 1. The summed E-state index contributed by atoms with van der Waals surface area (Å²) in [6.07, 6.45) is 4.22. The Morgan fingerprint density at radius 1 is 1.53 bits per heavy atom. The predicted molar refractivity (Wildman–Crippen MR) is 58.6 cm³/mol. The Balaban J connectivity index is 1.82. The van der Waals surface area contributed by atoms with Crippen LogP contribution < -0.4 is 5.32 Å². The number of hydrogen-bond donors (Lipinski definition) is 1. The van der Waals surface area contributed by atoms with Gasteiger partial charge in [0, 0.05) is 19.1 Å². The fourth-order valence-corrected chi connectivity index (χ4v) is 2.05. The van der Waals surface area contributed by atoms with Gasteiger partial charge in [-0.3, -0.25) is 4.90 Å². The smallest absolute Gasteiger partial charge is 0.208 e. The maximum atomic E-state index is 5.47. The van der Waals surface area contributed by atoms with Gasteiger partial charge in [-0.1, -0.05) is 0 Å². The molecule has 0 saturated carbocycles. The van der Waals surface area contributed by atoms with E-state index in [2.05, 4.69) is 15.2 Å². The maximum absolute atomic E-state index is 5.47. The van der Waals surface area contributed by atoms with Gasteiger partial charge in [-0.2, -0.15) is 0 Å². The molecule has 0 spiro atoms. The predicted octanol–water partition coefficient (Wildman–Crippen LogP) is 1.17. The summed E-state index contributed by atoms with van der Waals surface area (Å²) in [5, 5.41) is 3.33. The lowest BCUT2D eigenvalue weighted by Crippen LogP contribution is -2.40. The Morgan fingerprint density at radius 3 is 2.80 bits per heavy atom. The minimum absolute atomic E-state index is 0.688. The molecule has 1 saturated heterocycles. The van der Waals surface area contributed by atoms with Crippen LogP contribution in [0.15, 0.2) is 10.6 Å². The molecule has 1 aromatic heterocycles. The van der Waals surface area contributed by atoms with Crippen molar-refractivity contribution < 1.29 is 4.42 Å². The number of oxazole rings is 1. The van der Waals surface area contributed by atoms with E-state index in [0.29, 0.717) is 6.04 Å². The molecule has 4 nitrogen and oxygen atoms in total. The van der Waals surface area contributed by atoms with Crippen LogP contribution in [0.2, 0.25) is 0 Å². The highest BCUT2D eigenvalue weighted by atomic mass is 16.4. The number of aromatic nitrogens is 1. The van der Waals surface area contributed by atoms with Gasteiger partial charge in [0.25, 0.3) is 0 Å². The van der Waals surface area contributed by atoms with Gasteiger partial charge in [-0.05, 0) is 26.8 Å². The second kappa shape index (κ2) is 4.77. The Bertz CT molecular complexity index is 303. The summed E-state index contributed by atoms with van der Waals surface area (Å²) in [5.74, 6) is 1.74. The lowest BCUT2D eigenvalue weighted by atomic mass is 10.1. The number of rotatable bonds is 3. The van der Waals surface area contributed by atoms with Gasteiger partial charge >= 0.3 is 0 Å². The van der Waals surface area contributed by atoms with Crippen molar-refractivity contribution in [2.24, 2.45) is 0 Å². The zero-order chi connectivity index (χ0) is 10.7. The van der Waals surface area contributed by atoms with Gasteiger partial charge in [0.1, 0.15) is 5.76 Å². The van der Waals surface area contributed by atoms with Gasteiger partial charge in [0.15, 0.2) is 0 Å². The van der Waals surface area contributed by atoms with E-state index >= 15 is 0 Å². The molecule has 2 rings (SSSR count). The SMILES string of the molecule is CNC1CCN(Cc2ncc(C)o2)CC1. The second-order valence-electron chi connectivity index (χ2n) is 4.20. The quantitative estimate of drug-likeness (QED) is 0.811. The largest absolute Gasteiger partial charge is 0.445 e. The zero-order valence-electron chi connectivity index (χ0n) is 9.49. The fourth-order valence-electron chi connectivity index (χ4n) is 2.05. The molecule has 1 aliphatic heterocycles. The Labute approximate surface area is 90.7 Å². The molecule has 0 atom stereocenters. The van der Waals surface area contributed by atoms with E-state index < -0.39 is 0 Å². The number of aryl methyl sites for hydroxylation is 1. The molecule has 1 aromatic rings. The summed E-state index contributed by atoms with van der Waals surface area (Å²) in [6.45, 7) is 5.05. The minimum Gasteiger partial charge on any atom is -0.445 e. The summed E-state index contributed by atoms with van der Waals surface area (Å²) < 4.78 is 5.47. The zero-order valence-corrected chi connectivity index (χ0v) is 9.49. The highest BCUT2D eigenvalue weighted by Crippen LogP contribution is 2.13. The number of nitrogens with one attached hydrogen (secondary N) is 1. The lowest BCUT2D eigenvalue weighted by molar-refractivity contribution is 0.178. The van der Waals surface area contributed by atoms with Crippen molar-refractivity contribution in [3.63, 3.8) is 0 Å². The first-order valence-electron chi connectivity index (χ1n) is 5.59. The molecule has 84 valence electrons. The van der Waals surface area contributed by atoms with Crippen molar-refractivity contribution in [2.75, 3.05) is 20.1 Å². The first-order chi connectivity index (χ1) is 7.28. The van der Waals surface area contributed by atoms with E-state index in [1.54, 1.807) is 6.20 Å². The van der Waals surface area contributed by atoms with E-state index in [0.717, 1.165) is 31.3 Å². The van der Waals surface area contributed by atoms with Gasteiger partial charge < -0.3 is 9.73 Å². The molecule has 0 bridgehead atoms. The van der Waals surface area contributed by atoms with Crippen LogP contribution in [-0.4, -0.2) is 36.1 Å². The fraction of sp³-hybridized carbons (Fsp3) is 0.727. The van der Waals surface area contributed by atoms with Crippen LogP contribution in [0.3, 0.4) is 0 Å². The molecule has 15 heavy (non-hydrogen) atoms. The summed E-state index contributed by atoms with van der Waals surface area (Å²) in [7, 11) is 2.04. The van der Waals surface area contributed by atoms with Crippen molar-refractivity contribution in [1.82, 2.24) is 15.2 Å². The van der Waals surface area contributed by atoms with Crippen molar-refractivity contribution >= 4 is 0 Å². The number of likely N-dealkylation sites (tertiary alicyclic amines) is 1. The monoisotopic (exact) mass is 209 g/mol. The van der Waals surface area contributed by atoms with Gasteiger partial charge in [0.2, 0.25) is 5.89 Å². The van der Waals surface area contributed by atoms with Crippen LogP contribution in [0, 0.1) is 6.92 Å². The lowest BCUT2D eigenvalue weighted by Gasteiger charge is -2.30. The van der Waals surface area contributed by atoms with Crippen molar-refractivity contribution in [3.05, 3.63) is 17.8 Å². The van der Waals surface area contributed by atoms with E-state index in [4.69, 9.17) is 4.42 Å². The van der Waals surface area contributed by atoms with E-state index in [-0.39, 0.29) is 0 Å². The number of nitrogens with zero attached hydrogens (tertiary/aromatic N) is 2. The van der Waals surface area contributed by atoms with Crippen LogP contribution in [0.4, 0.5) is 0 Å². The summed E-state index contributed by atoms with van der Waals surface area (Å²) >= 11 is 0. The standard InChI is InChI=1S/C11H19N3O/c1-9-7-13-11(15-9)8-14-5-3-10(12-2)4-6-14/h7,10,12H,3-6,8H2,1-2H3. The third-order valence-corrected chi connectivity index (χ3v) is 3.02. The third-order valence-electron chi connectivity index (χ3n) is 3.02. The molecule has 0 unspecified atom stereocenters. The second-order valence-corrected chi connectivity index (χ2v) is 4.20. The molecule has 1 aliphatic rings. The first kappa shape index (κ1) is 10.6. The molecular weight excluding hydrogens is 190 g/mol. The van der Waals surface area contributed by atoms with E-state index in [9.17, 15) is 0 Å². The van der Waals surface area contributed by atoms with Crippen molar-refractivity contribution in [3.8, 4) is 0 Å². The highest BCUT2D eigenvalue weighted by Gasteiger charge is 2.18. The number of hydrogen-bond acceptors (Lipinski definition) is 4. The summed E-state index contributed by atoms with van der Waals surface area (Å²) in [4.78, 5) is 6.63. The summed E-state index contributed by atoms with van der Waals surface area (Å²) in [6, 6.07) is 0.688. The maximum Gasteiger partial charge on any atom is 0.208 e. The molecule has 0 radical (unpaired) electrons. The topological polar surface area (TPSA) is 41.3 Å². The normalized spacial score (nSPS) is 19.6. The third kappa shape index (κ3) is 2.79. The minimum atomic E-state index is 0.688. The van der Waals surface area contributed by atoms with Gasteiger partial charge in [-0.15, -0.1) is 0 Å². The first-order valence-corrected chi connectivity index (χ1v) is 5.59. The van der Waals surface area contributed by atoms with Crippen LogP contribution in [-0.2, 0) is 6.54 Å². The van der Waals surface area contributed by atoms with Crippen LogP contribution in [0.5, 0.6) is 0 Å². The van der Waals surface area contributed by atoms with E-state index in [1.165, 1.54) is 12.8 Å². The van der Waals surface area contributed by atoms with Crippen molar-refractivity contribution in [2.45, 2.75) is 32.4 Å². The average Bonchev–Trinajstić information content (AvgIpc) is 2.65. The Morgan fingerprint density at radius 2 is 2.27 bits per heavy atom. The molecule has 2 heterocycles. The molecule has 1 N–H and O–H groups in total. The molecule has 0 aromatic carbocycles. The Kier molecular flexibility index (Phi) is 3.38. The van der Waals surface area contributed by atoms with Crippen molar-refractivity contribution in [1.29, 1.82) is 0 Å². The summed E-state index contributed by atoms with van der Waals surface area (Å²) in [5.41, 5.74) is 0. The molecule has 0 aliphatic carbocycles. The van der Waals surface area contributed by atoms with Gasteiger partial charge in [0.05, 0.1) is 12.7 Å². The molecule has 0 amide bonds. The molecule has 1 fully saturated rings. The average molecular weight is 209 g/mol. The Hall–Kier alpha value is -0.870. The van der Waals surface area contributed by atoms with Crippen LogP contribution in [0.25, 0.3) is 0 Å².